The van der Waals surface area contributed by atoms with Crippen molar-refractivity contribution in [3.8, 4) is 0 Å². The van der Waals surface area contributed by atoms with E-state index in [0.29, 0.717) is 24.0 Å². The van der Waals surface area contributed by atoms with Crippen LogP contribution in [0.3, 0.4) is 0 Å². The molecule has 2 atom stereocenters. The Bertz CT molecular complexity index is 829. The van der Waals surface area contributed by atoms with Crippen molar-refractivity contribution in [1.82, 2.24) is 9.80 Å². The van der Waals surface area contributed by atoms with E-state index in [1.165, 1.54) is 0 Å². The normalized spacial score (nSPS) is 22.4. The Morgan fingerprint density at radius 1 is 1.23 bits per heavy atom. The third-order valence-corrected chi connectivity index (χ3v) is 6.88. The van der Waals surface area contributed by atoms with Crippen LogP contribution in [0, 0.1) is 0 Å². The van der Waals surface area contributed by atoms with Crippen LogP contribution in [0.15, 0.2) is 24.3 Å². The second kappa shape index (κ2) is 6.83. The van der Waals surface area contributed by atoms with Crippen molar-refractivity contribution in [3.63, 3.8) is 0 Å². The second-order valence-corrected chi connectivity index (χ2v) is 9.09. The molecule has 2 aliphatic heterocycles. The van der Waals surface area contributed by atoms with Crippen molar-refractivity contribution < 1.29 is 22.8 Å². The highest BCUT2D eigenvalue weighted by Crippen LogP contribution is 2.25. The molecule has 0 saturated carbocycles. The number of rotatable bonds is 5. The van der Waals surface area contributed by atoms with E-state index in [1.54, 1.807) is 29.2 Å². The van der Waals surface area contributed by atoms with E-state index >= 15 is 0 Å². The fourth-order valence-corrected chi connectivity index (χ4v) is 5.31. The van der Waals surface area contributed by atoms with Gasteiger partial charge in [0.25, 0.3) is 11.8 Å². The molecule has 0 aromatic heterocycles. The maximum Gasteiger partial charge on any atom is 0.262 e. The molecule has 1 saturated heterocycles. The molecule has 0 N–H and O–H groups in total. The Labute approximate surface area is 152 Å². The van der Waals surface area contributed by atoms with Gasteiger partial charge < -0.3 is 4.90 Å². The van der Waals surface area contributed by atoms with Gasteiger partial charge in [-0.3, -0.25) is 19.3 Å². The smallest absolute Gasteiger partial charge is 0.262 e. The second-order valence-electron chi connectivity index (χ2n) is 6.86. The number of sulfone groups is 1. The molecule has 26 heavy (non-hydrogen) atoms. The average molecular weight is 378 g/mol. The Hall–Kier alpha value is -2.22. The highest BCUT2D eigenvalue weighted by molar-refractivity contribution is 7.91. The summed E-state index contributed by atoms with van der Waals surface area (Å²) in [7, 11) is -3.15. The largest absolute Gasteiger partial charge is 0.334 e. The van der Waals surface area contributed by atoms with Crippen LogP contribution in [0.2, 0.25) is 0 Å². The molecule has 1 fully saturated rings. The number of imide groups is 1. The number of fused-ring (bicyclic) bond motifs is 1. The van der Waals surface area contributed by atoms with Crippen LogP contribution < -0.4 is 0 Å². The first-order valence-electron chi connectivity index (χ1n) is 8.72. The summed E-state index contributed by atoms with van der Waals surface area (Å²) in [5, 5.41) is 0. The summed E-state index contributed by atoms with van der Waals surface area (Å²) in [4.78, 5) is 40.4. The summed E-state index contributed by atoms with van der Waals surface area (Å²) < 4.78 is 23.6. The van der Waals surface area contributed by atoms with Crippen molar-refractivity contribution in [2.24, 2.45) is 0 Å². The van der Waals surface area contributed by atoms with Crippen LogP contribution in [0.5, 0.6) is 0 Å². The van der Waals surface area contributed by atoms with E-state index in [2.05, 4.69) is 0 Å². The molecule has 1 aromatic rings. The molecule has 3 amide bonds. The first kappa shape index (κ1) is 18.6. The number of amides is 3. The third kappa shape index (κ3) is 3.25. The minimum Gasteiger partial charge on any atom is -0.334 e. The number of hydrogen-bond donors (Lipinski definition) is 0. The SMILES string of the molecule is CC[C@H](C)N(C(=O)CN1C(=O)c2ccccc2C1=O)[C@@H]1CCS(=O)(=O)C1. The Balaban J connectivity index is 1.81. The number of nitrogens with zero attached hydrogens (tertiary/aromatic N) is 2. The van der Waals surface area contributed by atoms with E-state index in [9.17, 15) is 22.8 Å². The zero-order valence-corrected chi connectivity index (χ0v) is 15.7. The van der Waals surface area contributed by atoms with E-state index in [-0.39, 0.29) is 24.1 Å². The van der Waals surface area contributed by atoms with E-state index in [1.807, 2.05) is 13.8 Å². The highest BCUT2D eigenvalue weighted by Gasteiger charge is 2.40. The first-order valence-corrected chi connectivity index (χ1v) is 10.5. The standard InChI is InChI=1S/C18H22N2O5S/c1-3-12(2)20(13-8-9-26(24,25)11-13)16(21)10-19-17(22)14-6-4-5-7-15(14)18(19)23/h4-7,12-13H,3,8-11H2,1-2H3/t12-,13+/m0/s1. The van der Waals surface area contributed by atoms with Gasteiger partial charge in [-0.15, -0.1) is 0 Å². The van der Waals surface area contributed by atoms with Crippen LogP contribution in [0.25, 0.3) is 0 Å². The molecule has 0 bridgehead atoms. The summed E-state index contributed by atoms with van der Waals surface area (Å²) in [6.45, 7) is 3.40. The van der Waals surface area contributed by atoms with Gasteiger partial charge in [0, 0.05) is 12.1 Å². The molecule has 140 valence electrons. The van der Waals surface area contributed by atoms with Crippen molar-refractivity contribution in [3.05, 3.63) is 35.4 Å². The predicted molar refractivity (Wildman–Crippen MR) is 95.5 cm³/mol. The lowest BCUT2D eigenvalue weighted by molar-refractivity contribution is -0.135. The predicted octanol–water partition coefficient (Wildman–Crippen LogP) is 1.10. The molecule has 0 unspecified atom stereocenters. The van der Waals surface area contributed by atoms with E-state index in [0.717, 1.165) is 4.90 Å². The quantitative estimate of drug-likeness (QED) is 0.716. The summed E-state index contributed by atoms with van der Waals surface area (Å²) in [5.41, 5.74) is 0.590. The minimum absolute atomic E-state index is 0.0604. The Morgan fingerprint density at radius 2 is 1.81 bits per heavy atom. The summed E-state index contributed by atoms with van der Waals surface area (Å²) in [5.74, 6) is -1.36. The van der Waals surface area contributed by atoms with Gasteiger partial charge in [0.05, 0.1) is 22.6 Å². The van der Waals surface area contributed by atoms with Gasteiger partial charge in [0.2, 0.25) is 5.91 Å². The zero-order chi connectivity index (χ0) is 19.1. The highest BCUT2D eigenvalue weighted by atomic mass is 32.2. The molecule has 2 aliphatic rings. The Kier molecular flexibility index (Phi) is 4.88. The van der Waals surface area contributed by atoms with Crippen LogP contribution in [-0.2, 0) is 14.6 Å². The lowest BCUT2D eigenvalue weighted by Gasteiger charge is -2.34. The van der Waals surface area contributed by atoms with Gasteiger partial charge in [0.15, 0.2) is 9.84 Å². The fourth-order valence-electron chi connectivity index (χ4n) is 3.60. The summed E-state index contributed by atoms with van der Waals surface area (Å²) >= 11 is 0. The van der Waals surface area contributed by atoms with Crippen molar-refractivity contribution in [1.29, 1.82) is 0 Å². The lowest BCUT2D eigenvalue weighted by atomic mass is 10.1. The van der Waals surface area contributed by atoms with Crippen molar-refractivity contribution >= 4 is 27.6 Å². The Morgan fingerprint density at radius 3 is 2.27 bits per heavy atom. The zero-order valence-electron chi connectivity index (χ0n) is 14.8. The molecule has 7 nitrogen and oxygen atoms in total. The molecular formula is C18H22N2O5S. The van der Waals surface area contributed by atoms with Gasteiger partial charge in [-0.25, -0.2) is 8.42 Å². The molecule has 1 aromatic carbocycles. The molecule has 0 aliphatic carbocycles. The summed E-state index contributed by atoms with van der Waals surface area (Å²) in [6.07, 6.45) is 1.05. The molecule has 3 rings (SSSR count). The monoisotopic (exact) mass is 378 g/mol. The minimum atomic E-state index is -3.15. The number of carbonyl (C=O) groups excluding carboxylic acids is 3. The maximum absolute atomic E-state index is 12.9. The van der Waals surface area contributed by atoms with Crippen LogP contribution >= 0.6 is 0 Å². The van der Waals surface area contributed by atoms with Gasteiger partial charge in [-0.05, 0) is 31.9 Å². The van der Waals surface area contributed by atoms with Gasteiger partial charge >= 0.3 is 0 Å². The van der Waals surface area contributed by atoms with Crippen LogP contribution in [0.1, 0.15) is 47.4 Å². The van der Waals surface area contributed by atoms with Crippen molar-refractivity contribution in [2.45, 2.75) is 38.8 Å². The summed E-state index contributed by atoms with van der Waals surface area (Å²) in [6, 6.07) is 5.90. The molecule has 8 heteroatoms. The van der Waals surface area contributed by atoms with Crippen molar-refractivity contribution in [2.75, 3.05) is 18.1 Å². The molecule has 0 radical (unpaired) electrons. The van der Waals surface area contributed by atoms with Crippen LogP contribution in [0.4, 0.5) is 0 Å². The van der Waals surface area contributed by atoms with Crippen LogP contribution in [-0.4, -0.2) is 66.1 Å². The fraction of sp³-hybridized carbons (Fsp3) is 0.500. The van der Waals surface area contributed by atoms with Gasteiger partial charge in [0.1, 0.15) is 6.54 Å². The topological polar surface area (TPSA) is 91.8 Å². The maximum atomic E-state index is 12.9. The first-order chi connectivity index (χ1) is 12.2. The van der Waals surface area contributed by atoms with E-state index in [4.69, 9.17) is 0 Å². The number of hydrogen-bond acceptors (Lipinski definition) is 5. The lowest BCUT2D eigenvalue weighted by Crippen LogP contribution is -2.51. The average Bonchev–Trinajstić information content (AvgIpc) is 3.07. The van der Waals surface area contributed by atoms with Gasteiger partial charge in [-0.1, -0.05) is 19.1 Å². The number of benzene rings is 1. The number of carbonyl (C=O) groups is 3. The third-order valence-electron chi connectivity index (χ3n) is 5.13. The molecular weight excluding hydrogens is 356 g/mol. The molecule has 2 heterocycles. The van der Waals surface area contributed by atoms with Gasteiger partial charge in [-0.2, -0.15) is 0 Å². The molecule has 0 spiro atoms. The van der Waals surface area contributed by atoms with E-state index < -0.39 is 33.6 Å².